The van der Waals surface area contributed by atoms with Crippen LogP contribution in [0.15, 0.2) is 42.5 Å². The summed E-state index contributed by atoms with van der Waals surface area (Å²) < 4.78 is 11.1. The number of carbonyl (C=O) groups is 1. The Morgan fingerprint density at radius 2 is 1.78 bits per heavy atom. The standard InChI is InChI=1S/C28H31ClN2O5/c1-4-5-11-20-23(24-21(35-2)12-8-13-22(24)36-3)26(32)25(27(33)30-20)28(34)31-15-14-17(16-31)18-9-6-7-10-19(18)29/h6-10,12-13,17H,4-5,11,14-16H2,1-3H3,(H2,30,32,33). The van der Waals surface area contributed by atoms with Crippen LogP contribution in [0.4, 0.5) is 0 Å². The number of methoxy groups -OCH3 is 2. The normalized spacial score (nSPS) is 15.2. The predicted molar refractivity (Wildman–Crippen MR) is 139 cm³/mol. The quantitative estimate of drug-likeness (QED) is 0.397. The molecule has 7 nitrogen and oxygen atoms in total. The third-order valence-corrected chi connectivity index (χ3v) is 7.05. The van der Waals surface area contributed by atoms with E-state index < -0.39 is 11.8 Å². The topological polar surface area (TPSA) is 92.1 Å². The van der Waals surface area contributed by atoms with Crippen LogP contribution in [-0.2, 0) is 6.42 Å². The lowest BCUT2D eigenvalue weighted by Crippen LogP contribution is -2.29. The van der Waals surface area contributed by atoms with Gasteiger partial charge in [0.05, 0.1) is 31.0 Å². The van der Waals surface area contributed by atoms with Gasteiger partial charge in [-0.15, -0.1) is 0 Å². The molecular weight excluding hydrogens is 480 g/mol. The molecule has 1 fully saturated rings. The number of aryl methyl sites for hydroxylation is 1. The molecule has 0 saturated carbocycles. The molecule has 0 aliphatic carbocycles. The van der Waals surface area contributed by atoms with Crippen molar-refractivity contribution in [3.8, 4) is 34.3 Å². The molecule has 4 rings (SSSR count). The second kappa shape index (κ2) is 11.1. The van der Waals surface area contributed by atoms with Crippen LogP contribution < -0.4 is 9.47 Å². The molecule has 2 heterocycles. The fourth-order valence-electron chi connectivity index (χ4n) is 4.85. The second-order valence-electron chi connectivity index (χ2n) is 8.88. The van der Waals surface area contributed by atoms with Crippen LogP contribution in [-0.4, -0.2) is 53.3 Å². The van der Waals surface area contributed by atoms with Gasteiger partial charge in [0.25, 0.3) is 5.91 Å². The van der Waals surface area contributed by atoms with Crippen LogP contribution in [0.25, 0.3) is 11.1 Å². The number of carbonyl (C=O) groups excluding carboxylic acids is 1. The van der Waals surface area contributed by atoms with E-state index in [1.807, 2.05) is 31.2 Å². The highest BCUT2D eigenvalue weighted by Crippen LogP contribution is 2.47. The first-order valence-electron chi connectivity index (χ1n) is 12.1. The number of aromatic hydroxyl groups is 2. The molecule has 0 radical (unpaired) electrons. The number of likely N-dealkylation sites (tertiary alicyclic amines) is 1. The Morgan fingerprint density at radius 1 is 1.08 bits per heavy atom. The SMILES string of the molecule is CCCCc1nc(O)c(C(=O)N2CCC(c3ccccc3Cl)C2)c(O)c1-c1c(OC)cccc1OC. The summed E-state index contributed by atoms with van der Waals surface area (Å²) in [6, 6.07) is 12.9. The van der Waals surface area contributed by atoms with E-state index in [4.69, 9.17) is 21.1 Å². The molecule has 1 amide bonds. The lowest BCUT2D eigenvalue weighted by atomic mass is 9.95. The highest BCUT2D eigenvalue weighted by molar-refractivity contribution is 6.31. The van der Waals surface area contributed by atoms with E-state index in [0.717, 1.165) is 24.8 Å². The average Bonchev–Trinajstić information content (AvgIpc) is 3.37. The fourth-order valence-corrected chi connectivity index (χ4v) is 5.14. The number of unbranched alkanes of at least 4 members (excludes halogenated alkanes) is 1. The first-order chi connectivity index (χ1) is 17.4. The first-order valence-corrected chi connectivity index (χ1v) is 12.5. The summed E-state index contributed by atoms with van der Waals surface area (Å²) in [7, 11) is 3.06. The Hall–Kier alpha value is -3.45. The number of hydrogen-bond donors (Lipinski definition) is 2. The van der Waals surface area contributed by atoms with Crippen LogP contribution >= 0.6 is 11.6 Å². The number of rotatable bonds is 8. The van der Waals surface area contributed by atoms with Gasteiger partial charge in [-0.1, -0.05) is 49.2 Å². The Bertz CT molecular complexity index is 1240. The predicted octanol–water partition coefficient (Wildman–Crippen LogP) is 5.80. The molecule has 1 atom stereocenters. The minimum Gasteiger partial charge on any atom is -0.506 e. The van der Waals surface area contributed by atoms with E-state index >= 15 is 0 Å². The number of aromatic nitrogens is 1. The molecule has 1 saturated heterocycles. The monoisotopic (exact) mass is 510 g/mol. The summed E-state index contributed by atoms with van der Waals surface area (Å²) in [5.74, 6) is -0.298. The van der Waals surface area contributed by atoms with Gasteiger partial charge in [0.1, 0.15) is 22.8 Å². The molecule has 1 unspecified atom stereocenters. The first kappa shape index (κ1) is 25.6. The van der Waals surface area contributed by atoms with Crippen molar-refractivity contribution in [2.75, 3.05) is 27.3 Å². The van der Waals surface area contributed by atoms with Crippen molar-refractivity contribution >= 4 is 17.5 Å². The summed E-state index contributed by atoms with van der Waals surface area (Å²) in [5.41, 5.74) is 2.05. The van der Waals surface area contributed by atoms with E-state index in [2.05, 4.69) is 4.98 Å². The highest BCUT2D eigenvalue weighted by Gasteiger charge is 2.34. The molecule has 0 bridgehead atoms. The maximum absolute atomic E-state index is 13.6. The maximum Gasteiger partial charge on any atom is 0.263 e. The molecule has 8 heteroatoms. The molecule has 190 valence electrons. The van der Waals surface area contributed by atoms with Crippen molar-refractivity contribution in [3.63, 3.8) is 0 Å². The Morgan fingerprint density at radius 3 is 2.42 bits per heavy atom. The zero-order chi connectivity index (χ0) is 25.8. The fraction of sp³-hybridized carbons (Fsp3) is 0.357. The van der Waals surface area contributed by atoms with Gasteiger partial charge < -0.3 is 24.6 Å². The number of nitrogens with zero attached hydrogens (tertiary/aromatic N) is 2. The molecule has 1 aromatic heterocycles. The molecular formula is C28H31ClN2O5. The third kappa shape index (κ3) is 4.80. The molecule has 2 aromatic carbocycles. The van der Waals surface area contributed by atoms with Gasteiger partial charge in [-0.2, -0.15) is 0 Å². The van der Waals surface area contributed by atoms with E-state index in [9.17, 15) is 15.0 Å². The van der Waals surface area contributed by atoms with Crippen molar-refractivity contribution in [2.24, 2.45) is 0 Å². The number of ether oxygens (including phenoxy) is 2. The number of amides is 1. The average molecular weight is 511 g/mol. The smallest absolute Gasteiger partial charge is 0.263 e. The van der Waals surface area contributed by atoms with Crippen LogP contribution in [0.1, 0.15) is 53.7 Å². The van der Waals surface area contributed by atoms with Crippen molar-refractivity contribution in [3.05, 3.63) is 64.3 Å². The molecule has 36 heavy (non-hydrogen) atoms. The van der Waals surface area contributed by atoms with Gasteiger partial charge >= 0.3 is 0 Å². The zero-order valence-electron chi connectivity index (χ0n) is 20.8. The van der Waals surface area contributed by atoms with E-state index in [0.29, 0.717) is 52.9 Å². The van der Waals surface area contributed by atoms with Crippen LogP contribution in [0.5, 0.6) is 23.1 Å². The number of pyridine rings is 1. The zero-order valence-corrected chi connectivity index (χ0v) is 21.5. The van der Waals surface area contributed by atoms with Gasteiger partial charge in [0, 0.05) is 24.0 Å². The van der Waals surface area contributed by atoms with Crippen LogP contribution in [0.2, 0.25) is 5.02 Å². The Kier molecular flexibility index (Phi) is 7.89. The molecule has 1 aliphatic rings. The summed E-state index contributed by atoms with van der Waals surface area (Å²) >= 11 is 6.39. The minimum atomic E-state index is -0.484. The highest BCUT2D eigenvalue weighted by atomic mass is 35.5. The van der Waals surface area contributed by atoms with E-state index in [1.165, 1.54) is 14.2 Å². The molecule has 3 aromatic rings. The minimum absolute atomic E-state index is 0.0671. The number of benzene rings is 2. The largest absolute Gasteiger partial charge is 0.506 e. The van der Waals surface area contributed by atoms with E-state index in [1.54, 1.807) is 23.1 Å². The third-order valence-electron chi connectivity index (χ3n) is 6.71. The van der Waals surface area contributed by atoms with Gasteiger partial charge in [0.15, 0.2) is 0 Å². The summed E-state index contributed by atoms with van der Waals surface area (Å²) in [4.78, 5) is 19.7. The maximum atomic E-state index is 13.6. The van der Waals surface area contributed by atoms with Crippen molar-refractivity contribution in [1.82, 2.24) is 9.88 Å². The van der Waals surface area contributed by atoms with Crippen molar-refractivity contribution < 1.29 is 24.5 Å². The lowest BCUT2D eigenvalue weighted by molar-refractivity contribution is 0.0783. The summed E-state index contributed by atoms with van der Waals surface area (Å²) in [5, 5.41) is 23.0. The van der Waals surface area contributed by atoms with Crippen LogP contribution in [0, 0.1) is 0 Å². The number of halogens is 1. The molecule has 0 spiro atoms. The van der Waals surface area contributed by atoms with Crippen molar-refractivity contribution in [1.29, 1.82) is 0 Å². The van der Waals surface area contributed by atoms with Gasteiger partial charge in [-0.25, -0.2) is 4.98 Å². The van der Waals surface area contributed by atoms with Crippen LogP contribution in [0.3, 0.4) is 0 Å². The summed E-state index contributed by atoms with van der Waals surface area (Å²) in [6.07, 6.45) is 2.91. The molecule has 2 N–H and O–H groups in total. The van der Waals surface area contributed by atoms with Gasteiger partial charge in [0.2, 0.25) is 5.88 Å². The van der Waals surface area contributed by atoms with Crippen molar-refractivity contribution in [2.45, 2.75) is 38.5 Å². The molecule has 1 aliphatic heterocycles. The summed E-state index contributed by atoms with van der Waals surface area (Å²) in [6.45, 7) is 2.94. The van der Waals surface area contributed by atoms with Gasteiger partial charge in [-0.05, 0) is 43.0 Å². The number of hydrogen-bond acceptors (Lipinski definition) is 6. The second-order valence-corrected chi connectivity index (χ2v) is 9.29. The van der Waals surface area contributed by atoms with Gasteiger partial charge in [-0.3, -0.25) is 4.79 Å². The van der Waals surface area contributed by atoms with E-state index in [-0.39, 0.29) is 17.2 Å². The lowest BCUT2D eigenvalue weighted by Gasteiger charge is -2.22. The Balaban J connectivity index is 1.79. The Labute approximate surface area is 216 Å².